The third-order valence-corrected chi connectivity index (χ3v) is 4.27. The first-order valence-corrected chi connectivity index (χ1v) is 8.48. The van der Waals surface area contributed by atoms with Crippen molar-refractivity contribution in [2.75, 3.05) is 0 Å². The van der Waals surface area contributed by atoms with Crippen molar-refractivity contribution in [3.63, 3.8) is 0 Å². The van der Waals surface area contributed by atoms with Gasteiger partial charge in [-0.3, -0.25) is 0 Å². The number of nitrogens with zero attached hydrogens (tertiary/aromatic N) is 3. The highest BCUT2D eigenvalue weighted by atomic mass is 19.1. The minimum atomic E-state index is -0.233. The maximum Gasteiger partial charge on any atom is 0.123 e. The van der Waals surface area contributed by atoms with Crippen LogP contribution in [0, 0.1) is 11.7 Å². The molecule has 2 heterocycles. The zero-order chi connectivity index (χ0) is 16.7. The fraction of sp³-hybridized carbons (Fsp3) is 0.368. The zero-order valence-electron chi connectivity index (χ0n) is 14.0. The summed E-state index contributed by atoms with van der Waals surface area (Å²) in [6, 6.07) is 6.53. The molecule has 0 saturated heterocycles. The maximum absolute atomic E-state index is 13.3. The van der Waals surface area contributed by atoms with Crippen LogP contribution in [0.2, 0.25) is 0 Å². The van der Waals surface area contributed by atoms with Crippen LogP contribution >= 0.6 is 0 Å². The van der Waals surface area contributed by atoms with Gasteiger partial charge >= 0.3 is 0 Å². The average Bonchev–Trinajstić information content (AvgIpc) is 3.14. The SMILES string of the molecule is CC(C)Cn1cnc(-c2nc(C3CC3)[nH]c2-c2ccc(F)cc2)c1. The second-order valence-corrected chi connectivity index (χ2v) is 6.98. The lowest BCUT2D eigenvalue weighted by Crippen LogP contribution is -2.01. The molecular weight excluding hydrogens is 303 g/mol. The van der Waals surface area contributed by atoms with E-state index >= 15 is 0 Å². The van der Waals surface area contributed by atoms with Crippen LogP contribution in [0.25, 0.3) is 22.6 Å². The predicted molar refractivity (Wildman–Crippen MR) is 92.0 cm³/mol. The molecule has 4 nitrogen and oxygen atoms in total. The minimum absolute atomic E-state index is 0.233. The number of rotatable bonds is 5. The number of aromatic amines is 1. The highest BCUT2D eigenvalue weighted by Gasteiger charge is 2.29. The second kappa shape index (κ2) is 5.89. The molecule has 0 aliphatic heterocycles. The van der Waals surface area contributed by atoms with Gasteiger partial charge in [0.25, 0.3) is 0 Å². The summed E-state index contributed by atoms with van der Waals surface area (Å²) in [5.74, 6) is 1.87. The Kier molecular flexibility index (Phi) is 3.71. The Labute approximate surface area is 140 Å². The second-order valence-electron chi connectivity index (χ2n) is 6.98. The van der Waals surface area contributed by atoms with Crippen molar-refractivity contribution in [2.24, 2.45) is 5.92 Å². The van der Waals surface area contributed by atoms with Gasteiger partial charge in [-0.15, -0.1) is 0 Å². The number of imidazole rings is 2. The van der Waals surface area contributed by atoms with Crippen molar-refractivity contribution in [3.05, 3.63) is 48.4 Å². The highest BCUT2D eigenvalue weighted by Crippen LogP contribution is 2.41. The topological polar surface area (TPSA) is 46.5 Å². The molecule has 1 aliphatic rings. The van der Waals surface area contributed by atoms with Gasteiger partial charge in [0, 0.05) is 24.2 Å². The Balaban J connectivity index is 1.75. The third kappa shape index (κ3) is 2.98. The molecule has 2 aromatic heterocycles. The predicted octanol–water partition coefficient (Wildman–Crippen LogP) is 4.61. The number of H-pyrrole nitrogens is 1. The molecule has 1 aromatic carbocycles. The van der Waals surface area contributed by atoms with Crippen LogP contribution in [0.1, 0.15) is 38.4 Å². The van der Waals surface area contributed by atoms with Gasteiger partial charge in [0.15, 0.2) is 0 Å². The van der Waals surface area contributed by atoms with Crippen LogP contribution in [-0.2, 0) is 6.54 Å². The van der Waals surface area contributed by atoms with Crippen LogP contribution in [0.5, 0.6) is 0 Å². The Bertz CT molecular complexity index is 841. The van der Waals surface area contributed by atoms with E-state index in [1.165, 1.54) is 25.0 Å². The maximum atomic E-state index is 13.3. The number of benzene rings is 1. The molecular formula is C19H21FN4. The van der Waals surface area contributed by atoms with E-state index in [9.17, 15) is 4.39 Å². The monoisotopic (exact) mass is 324 g/mol. The molecule has 1 N–H and O–H groups in total. The number of aromatic nitrogens is 4. The molecule has 4 rings (SSSR count). The molecule has 5 heteroatoms. The summed E-state index contributed by atoms with van der Waals surface area (Å²) in [5, 5.41) is 0. The molecule has 3 aromatic rings. The summed E-state index contributed by atoms with van der Waals surface area (Å²) < 4.78 is 15.3. The largest absolute Gasteiger partial charge is 0.341 e. The molecule has 124 valence electrons. The van der Waals surface area contributed by atoms with Crippen molar-refractivity contribution >= 4 is 0 Å². The van der Waals surface area contributed by atoms with E-state index in [4.69, 9.17) is 4.98 Å². The van der Waals surface area contributed by atoms with Crippen molar-refractivity contribution in [2.45, 2.75) is 39.2 Å². The van der Waals surface area contributed by atoms with Gasteiger partial charge in [-0.05, 0) is 43.0 Å². The van der Waals surface area contributed by atoms with Crippen LogP contribution < -0.4 is 0 Å². The van der Waals surface area contributed by atoms with E-state index in [1.54, 1.807) is 12.1 Å². The number of hydrogen-bond donors (Lipinski definition) is 1. The molecule has 24 heavy (non-hydrogen) atoms. The Hall–Kier alpha value is -2.43. The molecule has 0 unspecified atom stereocenters. The Morgan fingerprint density at radius 2 is 2.00 bits per heavy atom. The van der Waals surface area contributed by atoms with Crippen molar-refractivity contribution in [1.82, 2.24) is 19.5 Å². The highest BCUT2D eigenvalue weighted by molar-refractivity contribution is 5.76. The Morgan fingerprint density at radius 1 is 1.25 bits per heavy atom. The van der Waals surface area contributed by atoms with Crippen LogP contribution in [-0.4, -0.2) is 19.5 Å². The fourth-order valence-corrected chi connectivity index (χ4v) is 2.96. The summed E-state index contributed by atoms with van der Waals surface area (Å²) in [7, 11) is 0. The van der Waals surface area contributed by atoms with E-state index < -0.39 is 0 Å². The quantitative estimate of drug-likeness (QED) is 0.745. The lowest BCUT2D eigenvalue weighted by atomic mass is 10.1. The van der Waals surface area contributed by atoms with E-state index in [1.807, 2.05) is 12.5 Å². The van der Waals surface area contributed by atoms with E-state index in [0.29, 0.717) is 11.8 Å². The van der Waals surface area contributed by atoms with Crippen molar-refractivity contribution < 1.29 is 4.39 Å². The third-order valence-electron chi connectivity index (χ3n) is 4.27. The van der Waals surface area contributed by atoms with Crippen molar-refractivity contribution in [3.8, 4) is 22.6 Å². The summed E-state index contributed by atoms with van der Waals surface area (Å²) in [6.07, 6.45) is 6.25. The van der Waals surface area contributed by atoms with Gasteiger partial charge in [0.1, 0.15) is 23.0 Å². The zero-order valence-corrected chi connectivity index (χ0v) is 14.0. The smallest absolute Gasteiger partial charge is 0.123 e. The van der Waals surface area contributed by atoms with Crippen LogP contribution in [0.15, 0.2) is 36.8 Å². The van der Waals surface area contributed by atoms with Gasteiger partial charge in [-0.2, -0.15) is 0 Å². The summed E-state index contributed by atoms with van der Waals surface area (Å²) >= 11 is 0. The first kappa shape index (κ1) is 15.1. The summed E-state index contributed by atoms with van der Waals surface area (Å²) in [6.45, 7) is 5.30. The summed E-state index contributed by atoms with van der Waals surface area (Å²) in [4.78, 5) is 12.8. The van der Waals surface area contributed by atoms with E-state index in [0.717, 1.165) is 35.0 Å². The van der Waals surface area contributed by atoms with E-state index in [2.05, 4.69) is 28.4 Å². The number of hydrogen-bond acceptors (Lipinski definition) is 2. The van der Waals surface area contributed by atoms with Gasteiger partial charge in [-0.1, -0.05) is 13.8 Å². The summed E-state index contributed by atoms with van der Waals surface area (Å²) in [5.41, 5.74) is 3.57. The molecule has 1 saturated carbocycles. The van der Waals surface area contributed by atoms with E-state index in [-0.39, 0.29) is 5.82 Å². The van der Waals surface area contributed by atoms with Crippen LogP contribution in [0.4, 0.5) is 4.39 Å². The standard InChI is InChI=1S/C19H21FN4/c1-12(2)9-24-10-16(21-11-24)18-17(13-5-7-15(20)8-6-13)22-19(23-18)14-3-4-14/h5-8,10-12,14H,3-4,9H2,1-2H3,(H,22,23). The fourth-order valence-electron chi connectivity index (χ4n) is 2.96. The number of halogens is 1. The van der Waals surface area contributed by atoms with Gasteiger partial charge in [-0.25, -0.2) is 14.4 Å². The number of nitrogens with one attached hydrogen (secondary N) is 1. The molecule has 1 fully saturated rings. The first-order valence-electron chi connectivity index (χ1n) is 8.48. The molecule has 0 radical (unpaired) electrons. The van der Waals surface area contributed by atoms with Gasteiger partial charge in [0.2, 0.25) is 0 Å². The lowest BCUT2D eigenvalue weighted by molar-refractivity contribution is 0.523. The van der Waals surface area contributed by atoms with Gasteiger partial charge in [0.05, 0.1) is 12.0 Å². The molecule has 0 atom stereocenters. The van der Waals surface area contributed by atoms with Gasteiger partial charge < -0.3 is 9.55 Å². The van der Waals surface area contributed by atoms with Crippen molar-refractivity contribution in [1.29, 1.82) is 0 Å². The molecule has 1 aliphatic carbocycles. The molecule has 0 spiro atoms. The molecule has 0 bridgehead atoms. The molecule has 0 amide bonds. The first-order chi connectivity index (χ1) is 11.6. The Morgan fingerprint density at radius 3 is 2.67 bits per heavy atom. The normalized spacial score (nSPS) is 14.5. The lowest BCUT2D eigenvalue weighted by Gasteiger charge is -2.04. The van der Waals surface area contributed by atoms with Crippen LogP contribution in [0.3, 0.4) is 0 Å². The average molecular weight is 324 g/mol. The minimum Gasteiger partial charge on any atom is -0.341 e.